The van der Waals surface area contributed by atoms with Crippen LogP contribution in [0.15, 0.2) is 0 Å². The molecule has 16 heavy (non-hydrogen) atoms. The van der Waals surface area contributed by atoms with E-state index in [2.05, 4.69) is 19.2 Å². The monoisotopic (exact) mass is 223 g/mol. The Morgan fingerprint density at radius 3 is 2.62 bits per heavy atom. The summed E-state index contributed by atoms with van der Waals surface area (Å²) in [6.07, 6.45) is 8.53. The first-order chi connectivity index (χ1) is 7.71. The van der Waals surface area contributed by atoms with Crippen LogP contribution in [0.2, 0.25) is 0 Å². The van der Waals surface area contributed by atoms with Crippen LogP contribution in [0, 0.1) is 11.8 Å². The first kappa shape index (κ1) is 11.0. The van der Waals surface area contributed by atoms with Gasteiger partial charge in [0, 0.05) is 12.0 Å². The van der Waals surface area contributed by atoms with Crippen molar-refractivity contribution in [3.05, 3.63) is 0 Å². The molecule has 0 aromatic carbocycles. The molecule has 92 valence electrons. The summed E-state index contributed by atoms with van der Waals surface area (Å²) in [5.41, 5.74) is 0.241. The summed E-state index contributed by atoms with van der Waals surface area (Å²) in [4.78, 5) is 0. The third-order valence-electron chi connectivity index (χ3n) is 5.19. The number of fused-ring (bicyclic) bond motifs is 1. The molecule has 2 saturated heterocycles. The first-order valence-electron chi connectivity index (χ1n) is 7.12. The number of rotatable bonds is 0. The molecule has 1 spiro atoms. The maximum atomic E-state index is 6.51. The predicted molar refractivity (Wildman–Crippen MR) is 65.4 cm³/mol. The molecule has 2 heterocycles. The van der Waals surface area contributed by atoms with Crippen molar-refractivity contribution in [2.24, 2.45) is 11.8 Å². The van der Waals surface area contributed by atoms with Gasteiger partial charge < -0.3 is 10.1 Å². The normalized spacial score (nSPS) is 46.9. The fraction of sp³-hybridized carbons (Fsp3) is 1.00. The van der Waals surface area contributed by atoms with E-state index < -0.39 is 0 Å². The standard InChI is InChI=1S/C14H25NO/c1-10-8-12-13(15-9-10)11(2)14(16-12)6-4-3-5-7-14/h10-13,15H,3-9H2,1-2H3/t10-,11+,12+,13+/m0/s1. The third-order valence-corrected chi connectivity index (χ3v) is 5.19. The van der Waals surface area contributed by atoms with Crippen molar-refractivity contribution < 1.29 is 4.74 Å². The van der Waals surface area contributed by atoms with E-state index in [0.29, 0.717) is 18.1 Å². The first-order valence-corrected chi connectivity index (χ1v) is 7.12. The summed E-state index contributed by atoms with van der Waals surface area (Å²) >= 11 is 0. The van der Waals surface area contributed by atoms with Crippen molar-refractivity contribution in [3.8, 4) is 0 Å². The minimum atomic E-state index is 0.241. The van der Waals surface area contributed by atoms with Crippen LogP contribution in [0.25, 0.3) is 0 Å². The molecule has 3 aliphatic rings. The van der Waals surface area contributed by atoms with Gasteiger partial charge in [0.2, 0.25) is 0 Å². The number of ether oxygens (including phenoxy) is 1. The van der Waals surface area contributed by atoms with E-state index in [1.165, 1.54) is 45.1 Å². The summed E-state index contributed by atoms with van der Waals surface area (Å²) in [7, 11) is 0. The molecule has 3 fully saturated rings. The lowest BCUT2D eigenvalue weighted by molar-refractivity contribution is -0.0859. The summed E-state index contributed by atoms with van der Waals surface area (Å²) in [5.74, 6) is 1.50. The van der Waals surface area contributed by atoms with Gasteiger partial charge in [0.05, 0.1) is 11.7 Å². The zero-order chi connectivity index (χ0) is 11.2. The molecule has 1 aliphatic carbocycles. The van der Waals surface area contributed by atoms with Gasteiger partial charge in [0.25, 0.3) is 0 Å². The van der Waals surface area contributed by atoms with Crippen LogP contribution < -0.4 is 5.32 Å². The Morgan fingerprint density at radius 2 is 1.88 bits per heavy atom. The Labute approximate surface area is 99.1 Å². The lowest BCUT2D eigenvalue weighted by Gasteiger charge is -2.37. The molecular formula is C14H25NO. The van der Waals surface area contributed by atoms with E-state index >= 15 is 0 Å². The van der Waals surface area contributed by atoms with Gasteiger partial charge in [-0.15, -0.1) is 0 Å². The van der Waals surface area contributed by atoms with Crippen LogP contribution in [-0.2, 0) is 4.74 Å². The Hall–Kier alpha value is -0.0800. The van der Waals surface area contributed by atoms with Crippen LogP contribution in [0.4, 0.5) is 0 Å². The molecule has 0 unspecified atom stereocenters. The number of nitrogens with one attached hydrogen (secondary N) is 1. The highest BCUT2D eigenvalue weighted by Crippen LogP contribution is 2.48. The van der Waals surface area contributed by atoms with E-state index in [9.17, 15) is 0 Å². The molecule has 2 heteroatoms. The maximum Gasteiger partial charge on any atom is 0.0742 e. The SMILES string of the molecule is C[C@@H]1CN[C@@H]2[C@@H](C)C3(CCCCC3)O[C@@H]2C1. The Bertz CT molecular complexity index is 259. The van der Waals surface area contributed by atoms with Gasteiger partial charge >= 0.3 is 0 Å². The van der Waals surface area contributed by atoms with Crippen molar-refractivity contribution in [1.82, 2.24) is 5.32 Å². The predicted octanol–water partition coefficient (Wildman–Crippen LogP) is 2.72. The number of hydrogen-bond donors (Lipinski definition) is 1. The average Bonchev–Trinajstić information content (AvgIpc) is 2.53. The van der Waals surface area contributed by atoms with Crippen molar-refractivity contribution in [1.29, 1.82) is 0 Å². The maximum absolute atomic E-state index is 6.51. The van der Waals surface area contributed by atoms with Gasteiger partial charge in [-0.05, 0) is 31.7 Å². The fourth-order valence-corrected chi connectivity index (χ4v) is 4.17. The second-order valence-corrected chi connectivity index (χ2v) is 6.35. The summed E-state index contributed by atoms with van der Waals surface area (Å²) in [6.45, 7) is 5.94. The van der Waals surface area contributed by atoms with Crippen LogP contribution in [-0.4, -0.2) is 24.3 Å². The minimum Gasteiger partial charge on any atom is -0.370 e. The van der Waals surface area contributed by atoms with Gasteiger partial charge in [-0.3, -0.25) is 0 Å². The zero-order valence-corrected chi connectivity index (χ0v) is 10.7. The molecule has 4 atom stereocenters. The van der Waals surface area contributed by atoms with Crippen molar-refractivity contribution >= 4 is 0 Å². The second kappa shape index (κ2) is 3.99. The van der Waals surface area contributed by atoms with Gasteiger partial charge in [0.15, 0.2) is 0 Å². The Morgan fingerprint density at radius 1 is 1.12 bits per heavy atom. The zero-order valence-electron chi connectivity index (χ0n) is 10.7. The molecular weight excluding hydrogens is 198 g/mol. The van der Waals surface area contributed by atoms with Crippen molar-refractivity contribution in [3.63, 3.8) is 0 Å². The van der Waals surface area contributed by atoms with E-state index in [0.717, 1.165) is 5.92 Å². The molecule has 2 nitrogen and oxygen atoms in total. The minimum absolute atomic E-state index is 0.241. The molecule has 0 amide bonds. The third kappa shape index (κ3) is 1.62. The van der Waals surface area contributed by atoms with Gasteiger partial charge in [-0.2, -0.15) is 0 Å². The molecule has 2 aliphatic heterocycles. The topological polar surface area (TPSA) is 21.3 Å². The molecule has 0 bridgehead atoms. The summed E-state index contributed by atoms with van der Waals surface area (Å²) in [6, 6.07) is 0.634. The van der Waals surface area contributed by atoms with Crippen LogP contribution in [0.1, 0.15) is 52.4 Å². The highest BCUT2D eigenvalue weighted by Gasteiger charge is 2.53. The molecule has 1 saturated carbocycles. The second-order valence-electron chi connectivity index (χ2n) is 6.35. The van der Waals surface area contributed by atoms with E-state index in [-0.39, 0.29) is 5.60 Å². The highest BCUT2D eigenvalue weighted by atomic mass is 16.5. The molecule has 0 radical (unpaired) electrons. The summed E-state index contributed by atoms with van der Waals surface area (Å²) in [5, 5.41) is 3.73. The quantitative estimate of drug-likeness (QED) is 0.682. The number of piperidine rings is 1. The molecule has 0 aromatic heterocycles. The van der Waals surface area contributed by atoms with Gasteiger partial charge in [-0.1, -0.05) is 33.1 Å². The van der Waals surface area contributed by atoms with Crippen LogP contribution in [0.5, 0.6) is 0 Å². The lowest BCUT2D eigenvalue weighted by Crippen LogP contribution is -2.48. The Balaban J connectivity index is 1.78. The summed E-state index contributed by atoms with van der Waals surface area (Å²) < 4.78 is 6.51. The molecule has 0 aromatic rings. The molecule has 1 N–H and O–H groups in total. The van der Waals surface area contributed by atoms with Crippen LogP contribution in [0.3, 0.4) is 0 Å². The fourth-order valence-electron chi connectivity index (χ4n) is 4.17. The van der Waals surface area contributed by atoms with Gasteiger partial charge in [-0.25, -0.2) is 0 Å². The smallest absolute Gasteiger partial charge is 0.0742 e. The van der Waals surface area contributed by atoms with E-state index in [4.69, 9.17) is 4.74 Å². The van der Waals surface area contributed by atoms with Gasteiger partial charge in [0.1, 0.15) is 0 Å². The van der Waals surface area contributed by atoms with E-state index in [1.54, 1.807) is 0 Å². The highest BCUT2D eigenvalue weighted by molar-refractivity contribution is 5.05. The lowest BCUT2D eigenvalue weighted by atomic mass is 9.74. The van der Waals surface area contributed by atoms with Crippen LogP contribution >= 0.6 is 0 Å². The largest absolute Gasteiger partial charge is 0.370 e. The van der Waals surface area contributed by atoms with Crippen molar-refractivity contribution in [2.75, 3.05) is 6.54 Å². The molecule has 3 rings (SSSR count). The van der Waals surface area contributed by atoms with E-state index in [1.807, 2.05) is 0 Å². The Kier molecular flexibility index (Phi) is 2.75. The van der Waals surface area contributed by atoms with Crippen molar-refractivity contribution in [2.45, 2.75) is 70.1 Å². The average molecular weight is 223 g/mol. The number of hydrogen-bond acceptors (Lipinski definition) is 2.